The molecule has 0 unspecified atom stereocenters. The number of aryl methyl sites for hydroxylation is 1. The number of hydrogen-bond acceptors (Lipinski definition) is 5. The third-order valence-electron chi connectivity index (χ3n) is 2.31. The molecule has 5 heteroatoms. The number of anilines is 1. The van der Waals surface area contributed by atoms with Crippen molar-refractivity contribution in [2.24, 2.45) is 0 Å². The van der Waals surface area contributed by atoms with Gasteiger partial charge < -0.3 is 5.32 Å². The molecule has 0 amide bonds. The molecular formula is C13H13N5. The van der Waals surface area contributed by atoms with Crippen molar-refractivity contribution in [2.75, 3.05) is 11.9 Å². The molecule has 0 aliphatic carbocycles. The second-order valence-corrected chi connectivity index (χ2v) is 3.74. The van der Waals surface area contributed by atoms with E-state index in [4.69, 9.17) is 5.26 Å². The van der Waals surface area contributed by atoms with E-state index < -0.39 is 0 Å². The first-order valence-electron chi connectivity index (χ1n) is 5.67. The van der Waals surface area contributed by atoms with Gasteiger partial charge in [0.25, 0.3) is 0 Å². The van der Waals surface area contributed by atoms with Gasteiger partial charge >= 0.3 is 0 Å². The molecule has 0 saturated carbocycles. The maximum atomic E-state index is 8.50. The third kappa shape index (κ3) is 3.01. The van der Waals surface area contributed by atoms with Crippen LogP contribution in [0.2, 0.25) is 0 Å². The summed E-state index contributed by atoms with van der Waals surface area (Å²) in [6, 6.07) is 9.61. The normalized spacial score (nSPS) is 9.78. The third-order valence-corrected chi connectivity index (χ3v) is 2.31. The highest BCUT2D eigenvalue weighted by molar-refractivity contribution is 5.58. The zero-order valence-electron chi connectivity index (χ0n) is 10.1. The van der Waals surface area contributed by atoms with Crippen molar-refractivity contribution < 1.29 is 0 Å². The molecule has 2 rings (SSSR count). The first-order valence-corrected chi connectivity index (χ1v) is 5.67. The van der Waals surface area contributed by atoms with Gasteiger partial charge in [-0.1, -0.05) is 6.07 Å². The van der Waals surface area contributed by atoms with Gasteiger partial charge in [-0.05, 0) is 19.1 Å². The fourth-order valence-corrected chi connectivity index (χ4v) is 1.55. The highest BCUT2D eigenvalue weighted by atomic mass is 15.0. The lowest BCUT2D eigenvalue weighted by atomic mass is 10.2. The van der Waals surface area contributed by atoms with Crippen LogP contribution in [0, 0.1) is 18.3 Å². The van der Waals surface area contributed by atoms with Crippen LogP contribution >= 0.6 is 0 Å². The van der Waals surface area contributed by atoms with Gasteiger partial charge in [0.05, 0.1) is 23.9 Å². The zero-order chi connectivity index (χ0) is 12.8. The Hall–Kier alpha value is -2.48. The van der Waals surface area contributed by atoms with Gasteiger partial charge in [0.2, 0.25) is 0 Å². The summed E-state index contributed by atoms with van der Waals surface area (Å²) in [6.45, 7) is 2.41. The van der Waals surface area contributed by atoms with E-state index in [0.717, 1.165) is 17.2 Å². The first kappa shape index (κ1) is 12.0. The Labute approximate surface area is 106 Å². The quantitative estimate of drug-likeness (QED) is 0.827. The predicted octanol–water partition coefficient (Wildman–Crippen LogP) is 2.17. The second kappa shape index (κ2) is 5.73. The standard InChI is InChI=1S/C13H13N5/c1-10-17-12(11-5-2-3-7-15-11)9-13(18-10)16-8-4-6-14/h2-3,5,7,9H,4,8H2,1H3,(H,16,17,18). The Kier molecular flexibility index (Phi) is 3.82. The summed E-state index contributed by atoms with van der Waals surface area (Å²) in [5, 5.41) is 11.6. The maximum absolute atomic E-state index is 8.50. The van der Waals surface area contributed by atoms with Crippen molar-refractivity contribution in [3.8, 4) is 17.5 Å². The molecule has 0 atom stereocenters. The summed E-state index contributed by atoms with van der Waals surface area (Å²) in [5.41, 5.74) is 1.59. The molecule has 1 N–H and O–H groups in total. The lowest BCUT2D eigenvalue weighted by molar-refractivity contribution is 1.01. The topological polar surface area (TPSA) is 74.5 Å². The minimum absolute atomic E-state index is 0.446. The van der Waals surface area contributed by atoms with Crippen molar-refractivity contribution in [3.05, 3.63) is 36.3 Å². The lowest BCUT2D eigenvalue weighted by Gasteiger charge is -2.06. The van der Waals surface area contributed by atoms with Crippen LogP contribution in [0.15, 0.2) is 30.5 Å². The van der Waals surface area contributed by atoms with Gasteiger partial charge in [-0.25, -0.2) is 9.97 Å². The van der Waals surface area contributed by atoms with E-state index in [1.807, 2.05) is 31.2 Å². The highest BCUT2D eigenvalue weighted by Crippen LogP contribution is 2.17. The van der Waals surface area contributed by atoms with Gasteiger partial charge in [-0.15, -0.1) is 0 Å². The highest BCUT2D eigenvalue weighted by Gasteiger charge is 2.04. The summed E-state index contributed by atoms with van der Waals surface area (Å²) >= 11 is 0. The Balaban J connectivity index is 2.25. The summed E-state index contributed by atoms with van der Waals surface area (Å²) in [6.07, 6.45) is 2.18. The molecule has 0 bridgehead atoms. The van der Waals surface area contributed by atoms with Gasteiger partial charge in [0, 0.05) is 18.8 Å². The molecule has 2 heterocycles. The van der Waals surface area contributed by atoms with Crippen LogP contribution in [0.1, 0.15) is 12.2 Å². The molecule has 0 fully saturated rings. The summed E-state index contributed by atoms with van der Waals surface area (Å²) in [4.78, 5) is 12.9. The smallest absolute Gasteiger partial charge is 0.130 e. The first-order chi connectivity index (χ1) is 8.79. The summed E-state index contributed by atoms with van der Waals surface area (Å²) in [5.74, 6) is 1.40. The van der Waals surface area contributed by atoms with E-state index >= 15 is 0 Å². The number of hydrogen-bond donors (Lipinski definition) is 1. The molecule has 0 aromatic carbocycles. The van der Waals surface area contributed by atoms with Crippen LogP contribution in [0.4, 0.5) is 5.82 Å². The van der Waals surface area contributed by atoms with E-state index in [1.165, 1.54) is 0 Å². The average molecular weight is 239 g/mol. The van der Waals surface area contributed by atoms with Crippen molar-refractivity contribution in [2.45, 2.75) is 13.3 Å². The van der Waals surface area contributed by atoms with Crippen LogP contribution in [0.25, 0.3) is 11.4 Å². The second-order valence-electron chi connectivity index (χ2n) is 3.74. The predicted molar refractivity (Wildman–Crippen MR) is 68.7 cm³/mol. The molecular weight excluding hydrogens is 226 g/mol. The van der Waals surface area contributed by atoms with E-state index in [1.54, 1.807) is 6.20 Å². The number of nitriles is 1. The monoisotopic (exact) mass is 239 g/mol. The van der Waals surface area contributed by atoms with Gasteiger partial charge in [0.15, 0.2) is 0 Å². The molecule has 18 heavy (non-hydrogen) atoms. The van der Waals surface area contributed by atoms with Crippen LogP contribution in [-0.4, -0.2) is 21.5 Å². The van der Waals surface area contributed by atoms with E-state index in [2.05, 4.69) is 26.3 Å². The molecule has 90 valence electrons. The largest absolute Gasteiger partial charge is 0.369 e. The lowest BCUT2D eigenvalue weighted by Crippen LogP contribution is -2.05. The summed E-state index contributed by atoms with van der Waals surface area (Å²) < 4.78 is 0. The Morgan fingerprint density at radius 1 is 1.28 bits per heavy atom. The zero-order valence-corrected chi connectivity index (χ0v) is 10.1. The van der Waals surface area contributed by atoms with Gasteiger partial charge in [-0.2, -0.15) is 5.26 Å². The minimum atomic E-state index is 0.446. The van der Waals surface area contributed by atoms with Crippen LogP contribution in [0.3, 0.4) is 0 Å². The van der Waals surface area contributed by atoms with Gasteiger partial charge in [-0.3, -0.25) is 4.98 Å². The minimum Gasteiger partial charge on any atom is -0.369 e. The SMILES string of the molecule is Cc1nc(NCCC#N)cc(-c2ccccn2)n1. The molecule has 0 saturated heterocycles. The molecule has 0 aliphatic rings. The maximum Gasteiger partial charge on any atom is 0.130 e. The Bertz CT molecular complexity index is 559. The van der Waals surface area contributed by atoms with E-state index in [9.17, 15) is 0 Å². The molecule has 2 aromatic rings. The van der Waals surface area contributed by atoms with Crippen LogP contribution < -0.4 is 5.32 Å². The summed E-state index contributed by atoms with van der Waals surface area (Å²) in [7, 11) is 0. The fourth-order valence-electron chi connectivity index (χ4n) is 1.55. The molecule has 2 aromatic heterocycles. The molecule has 0 radical (unpaired) electrons. The molecule has 0 spiro atoms. The van der Waals surface area contributed by atoms with Gasteiger partial charge in [0.1, 0.15) is 11.6 Å². The average Bonchev–Trinajstić information content (AvgIpc) is 2.39. The number of pyridine rings is 1. The Morgan fingerprint density at radius 2 is 2.17 bits per heavy atom. The van der Waals surface area contributed by atoms with Crippen LogP contribution in [-0.2, 0) is 0 Å². The van der Waals surface area contributed by atoms with Crippen molar-refractivity contribution in [1.29, 1.82) is 5.26 Å². The Morgan fingerprint density at radius 3 is 2.89 bits per heavy atom. The van der Waals surface area contributed by atoms with Crippen LogP contribution in [0.5, 0.6) is 0 Å². The van der Waals surface area contributed by atoms with Crippen molar-refractivity contribution >= 4 is 5.82 Å². The number of nitrogens with zero attached hydrogens (tertiary/aromatic N) is 4. The number of rotatable bonds is 4. The van der Waals surface area contributed by atoms with E-state index in [-0.39, 0.29) is 0 Å². The number of aromatic nitrogens is 3. The molecule has 0 aliphatic heterocycles. The van der Waals surface area contributed by atoms with Crippen molar-refractivity contribution in [3.63, 3.8) is 0 Å². The number of nitrogens with one attached hydrogen (secondary N) is 1. The fraction of sp³-hybridized carbons (Fsp3) is 0.231. The van der Waals surface area contributed by atoms with Crippen molar-refractivity contribution in [1.82, 2.24) is 15.0 Å². The van der Waals surface area contributed by atoms with E-state index in [0.29, 0.717) is 18.8 Å². The molecule has 5 nitrogen and oxygen atoms in total.